The second-order valence-corrected chi connectivity index (χ2v) is 4.96. The van der Waals surface area contributed by atoms with Gasteiger partial charge in [-0.05, 0) is 25.0 Å². The Balaban J connectivity index is 0.000000180. The first-order chi connectivity index (χ1) is 8.25. The van der Waals surface area contributed by atoms with Crippen molar-refractivity contribution < 1.29 is 19.2 Å². The van der Waals surface area contributed by atoms with E-state index in [4.69, 9.17) is 0 Å². The van der Waals surface area contributed by atoms with Crippen LogP contribution in [0.1, 0.15) is 40.5 Å². The Morgan fingerprint density at radius 1 is 0.722 bits per heavy atom. The zero-order valence-corrected chi connectivity index (χ0v) is 11.2. The fourth-order valence-electron chi connectivity index (χ4n) is 1.88. The summed E-state index contributed by atoms with van der Waals surface area (Å²) in [6.45, 7) is 7.03. The van der Waals surface area contributed by atoms with E-state index < -0.39 is 0 Å². The molecular formula is C14H18O4. The minimum atomic E-state index is -0.0301. The van der Waals surface area contributed by atoms with Crippen LogP contribution >= 0.6 is 0 Å². The first-order valence-electron chi connectivity index (χ1n) is 6.05. The molecule has 0 radical (unpaired) electrons. The molecule has 18 heavy (non-hydrogen) atoms. The highest BCUT2D eigenvalue weighted by molar-refractivity contribution is 6.21. The van der Waals surface area contributed by atoms with Crippen molar-refractivity contribution in [3.63, 3.8) is 0 Å². The fraction of sp³-hybridized carbons (Fsp3) is 0.571. The topological polar surface area (TPSA) is 68.3 Å². The third kappa shape index (κ3) is 2.81. The Bertz CT molecular complexity index is 416. The molecule has 4 nitrogen and oxygen atoms in total. The quantitative estimate of drug-likeness (QED) is 0.613. The number of ketones is 4. The number of hydrogen-bond donors (Lipinski definition) is 0. The van der Waals surface area contributed by atoms with Gasteiger partial charge in [0.15, 0.2) is 11.6 Å². The standard InChI is InChI=1S/C7H10O2.C7H8O2/c2*1-4-5(2)7(9)3-6(4)8/h4-5H,3H2,1-2H3;3H2,1-2H3. The molecule has 0 aromatic heterocycles. The predicted octanol–water partition coefficient (Wildman–Crippen LogP) is 1.67. The monoisotopic (exact) mass is 250 g/mol. The molecular weight excluding hydrogens is 232 g/mol. The molecule has 0 aliphatic heterocycles. The smallest absolute Gasteiger partial charge is 0.166 e. The van der Waals surface area contributed by atoms with Crippen LogP contribution in [0.4, 0.5) is 0 Å². The summed E-state index contributed by atoms with van der Waals surface area (Å²) in [7, 11) is 0. The van der Waals surface area contributed by atoms with Gasteiger partial charge in [-0.2, -0.15) is 0 Å². The lowest BCUT2D eigenvalue weighted by Gasteiger charge is -2.02. The fourth-order valence-corrected chi connectivity index (χ4v) is 1.88. The van der Waals surface area contributed by atoms with Crippen molar-refractivity contribution >= 4 is 23.1 Å². The molecule has 2 rings (SSSR count). The van der Waals surface area contributed by atoms with Gasteiger partial charge in [0.1, 0.15) is 11.6 Å². The van der Waals surface area contributed by atoms with Crippen LogP contribution in [0.5, 0.6) is 0 Å². The van der Waals surface area contributed by atoms with E-state index in [1.807, 2.05) is 13.8 Å². The van der Waals surface area contributed by atoms with Gasteiger partial charge in [-0.3, -0.25) is 19.2 Å². The van der Waals surface area contributed by atoms with Gasteiger partial charge in [0.25, 0.3) is 0 Å². The predicted molar refractivity (Wildman–Crippen MR) is 66.0 cm³/mol. The molecule has 0 spiro atoms. The van der Waals surface area contributed by atoms with E-state index in [1.165, 1.54) is 0 Å². The van der Waals surface area contributed by atoms with Crippen LogP contribution in [0.25, 0.3) is 0 Å². The van der Waals surface area contributed by atoms with E-state index in [2.05, 4.69) is 0 Å². The van der Waals surface area contributed by atoms with Crippen LogP contribution in [-0.4, -0.2) is 23.1 Å². The summed E-state index contributed by atoms with van der Waals surface area (Å²) in [5, 5.41) is 0. The van der Waals surface area contributed by atoms with Gasteiger partial charge < -0.3 is 0 Å². The Hall–Kier alpha value is -1.58. The molecule has 4 heteroatoms. The summed E-state index contributed by atoms with van der Waals surface area (Å²) in [5.41, 5.74) is 1.28. The van der Waals surface area contributed by atoms with E-state index in [-0.39, 0.29) is 47.8 Å². The van der Waals surface area contributed by atoms with Gasteiger partial charge >= 0.3 is 0 Å². The zero-order valence-electron chi connectivity index (χ0n) is 11.2. The van der Waals surface area contributed by atoms with Gasteiger partial charge in [-0.15, -0.1) is 0 Å². The molecule has 0 bridgehead atoms. The molecule has 0 amide bonds. The summed E-state index contributed by atoms with van der Waals surface area (Å²) in [4.78, 5) is 43.0. The molecule has 0 N–H and O–H groups in total. The summed E-state index contributed by atoms with van der Waals surface area (Å²) < 4.78 is 0. The molecule has 0 aromatic carbocycles. The minimum Gasteiger partial charge on any atom is -0.299 e. The highest BCUT2D eigenvalue weighted by Crippen LogP contribution is 2.23. The lowest BCUT2D eigenvalue weighted by Crippen LogP contribution is -2.09. The van der Waals surface area contributed by atoms with Crippen molar-refractivity contribution in [2.45, 2.75) is 40.5 Å². The van der Waals surface area contributed by atoms with E-state index >= 15 is 0 Å². The Labute approximate surface area is 106 Å². The molecule has 0 saturated heterocycles. The number of hydrogen-bond acceptors (Lipinski definition) is 4. The lowest BCUT2D eigenvalue weighted by atomic mass is 10.00. The van der Waals surface area contributed by atoms with Crippen molar-refractivity contribution in [1.82, 2.24) is 0 Å². The van der Waals surface area contributed by atoms with E-state index in [0.29, 0.717) is 11.1 Å². The average molecular weight is 250 g/mol. The summed E-state index contributed by atoms with van der Waals surface area (Å²) in [5.74, 6) is 0.116. The highest BCUT2D eigenvalue weighted by Gasteiger charge is 2.34. The molecule has 0 heterocycles. The van der Waals surface area contributed by atoms with Gasteiger partial charge in [-0.25, -0.2) is 0 Å². The van der Waals surface area contributed by atoms with Gasteiger partial charge in [0.2, 0.25) is 0 Å². The Morgan fingerprint density at radius 2 is 1.06 bits per heavy atom. The average Bonchev–Trinajstić information content (AvgIpc) is 2.66. The number of carbonyl (C=O) groups is 4. The van der Waals surface area contributed by atoms with Gasteiger partial charge in [-0.1, -0.05) is 13.8 Å². The van der Waals surface area contributed by atoms with Crippen molar-refractivity contribution in [2.75, 3.05) is 0 Å². The normalized spacial score (nSPS) is 27.8. The lowest BCUT2D eigenvalue weighted by molar-refractivity contribution is -0.123. The van der Waals surface area contributed by atoms with Crippen LogP contribution in [-0.2, 0) is 19.2 Å². The largest absolute Gasteiger partial charge is 0.299 e. The number of rotatable bonds is 0. The minimum absolute atomic E-state index is 0.0162. The van der Waals surface area contributed by atoms with Crippen LogP contribution in [0, 0.1) is 11.8 Å². The van der Waals surface area contributed by atoms with Crippen molar-refractivity contribution in [3.05, 3.63) is 11.1 Å². The number of allylic oxidation sites excluding steroid dienone is 2. The first kappa shape index (κ1) is 14.5. The highest BCUT2D eigenvalue weighted by atomic mass is 16.2. The number of carbonyl (C=O) groups excluding carboxylic acids is 4. The molecule has 2 atom stereocenters. The maximum absolute atomic E-state index is 10.8. The van der Waals surface area contributed by atoms with E-state index in [9.17, 15) is 19.2 Å². The summed E-state index contributed by atoms with van der Waals surface area (Å²) in [6, 6.07) is 0. The molecule has 1 saturated carbocycles. The maximum Gasteiger partial charge on any atom is 0.166 e. The van der Waals surface area contributed by atoms with Crippen LogP contribution < -0.4 is 0 Å². The molecule has 2 aliphatic carbocycles. The second kappa shape index (κ2) is 5.38. The molecule has 2 unspecified atom stereocenters. The molecule has 98 valence electrons. The SMILES string of the molecule is CC1=C(C)C(=O)CC1=O.CC1C(=O)CC(=O)C1C. The van der Waals surface area contributed by atoms with E-state index in [1.54, 1.807) is 13.8 Å². The van der Waals surface area contributed by atoms with Crippen molar-refractivity contribution in [1.29, 1.82) is 0 Å². The second-order valence-electron chi connectivity index (χ2n) is 4.96. The van der Waals surface area contributed by atoms with Gasteiger partial charge in [0.05, 0.1) is 12.8 Å². The Kier molecular flexibility index (Phi) is 4.33. The van der Waals surface area contributed by atoms with Crippen molar-refractivity contribution in [2.24, 2.45) is 11.8 Å². The van der Waals surface area contributed by atoms with Crippen LogP contribution in [0.2, 0.25) is 0 Å². The van der Waals surface area contributed by atoms with Crippen LogP contribution in [0.3, 0.4) is 0 Å². The molecule has 1 fully saturated rings. The van der Waals surface area contributed by atoms with Crippen LogP contribution in [0.15, 0.2) is 11.1 Å². The zero-order chi connectivity index (χ0) is 14.0. The molecule has 2 aliphatic rings. The third-order valence-corrected chi connectivity index (χ3v) is 3.83. The Morgan fingerprint density at radius 3 is 1.17 bits per heavy atom. The number of Topliss-reactive ketones (excluding diaryl/α,β-unsaturated/α-hetero) is 4. The molecule has 0 aromatic rings. The maximum atomic E-state index is 10.8. The van der Waals surface area contributed by atoms with Crippen molar-refractivity contribution in [3.8, 4) is 0 Å². The summed E-state index contributed by atoms with van der Waals surface area (Å²) in [6.07, 6.45) is 0.264. The third-order valence-electron chi connectivity index (χ3n) is 3.83. The van der Waals surface area contributed by atoms with Gasteiger partial charge in [0, 0.05) is 11.8 Å². The van der Waals surface area contributed by atoms with E-state index in [0.717, 1.165) is 0 Å². The summed E-state index contributed by atoms with van der Waals surface area (Å²) >= 11 is 0. The first-order valence-corrected chi connectivity index (χ1v) is 6.05.